The molecule has 0 saturated carbocycles. The van der Waals surface area contributed by atoms with Gasteiger partial charge in [0.15, 0.2) is 0 Å². The normalized spacial score (nSPS) is 11.7. The van der Waals surface area contributed by atoms with Crippen LogP contribution in [0.3, 0.4) is 0 Å². The summed E-state index contributed by atoms with van der Waals surface area (Å²) in [6.07, 6.45) is 1.97. The fourth-order valence-corrected chi connectivity index (χ4v) is 1.87. The Morgan fingerprint density at radius 3 is 2.27 bits per heavy atom. The van der Waals surface area contributed by atoms with E-state index in [2.05, 4.69) is 56.1 Å². The topological polar surface area (TPSA) is 15.8 Å². The monoisotopic (exact) mass is 199 g/mol. The van der Waals surface area contributed by atoms with Crippen LogP contribution in [0.25, 0.3) is 11.3 Å². The van der Waals surface area contributed by atoms with Crippen LogP contribution < -0.4 is 0 Å². The van der Waals surface area contributed by atoms with Crippen molar-refractivity contribution in [3.63, 3.8) is 0 Å². The van der Waals surface area contributed by atoms with E-state index in [4.69, 9.17) is 0 Å². The predicted molar refractivity (Wildman–Crippen MR) is 64.9 cm³/mol. The predicted octanol–water partition coefficient (Wildman–Crippen LogP) is 3.98. The summed E-state index contributed by atoms with van der Waals surface area (Å²) >= 11 is 0. The Hall–Kier alpha value is -1.50. The molecule has 0 radical (unpaired) electrons. The molecule has 0 bridgehead atoms. The summed E-state index contributed by atoms with van der Waals surface area (Å²) in [6, 6.07) is 12.7. The lowest BCUT2D eigenvalue weighted by Crippen LogP contribution is -2.12. The summed E-state index contributed by atoms with van der Waals surface area (Å²) < 4.78 is 0. The molecule has 78 valence electrons. The van der Waals surface area contributed by atoms with Gasteiger partial charge in [0.05, 0.1) is 0 Å². The molecule has 0 atom stereocenters. The summed E-state index contributed by atoms with van der Waals surface area (Å²) in [4.78, 5) is 3.27. The molecule has 1 aromatic heterocycles. The zero-order chi connectivity index (χ0) is 10.9. The third kappa shape index (κ3) is 1.96. The SMILES string of the molecule is CC(C)(C)c1ccccc1-c1ccc[nH]1. The van der Waals surface area contributed by atoms with Crippen molar-refractivity contribution >= 4 is 0 Å². The highest BCUT2D eigenvalue weighted by molar-refractivity contribution is 5.65. The number of aromatic nitrogens is 1. The molecular weight excluding hydrogens is 182 g/mol. The van der Waals surface area contributed by atoms with Crippen LogP contribution in [0.1, 0.15) is 26.3 Å². The van der Waals surface area contributed by atoms with Crippen molar-refractivity contribution in [1.82, 2.24) is 4.98 Å². The molecule has 0 unspecified atom stereocenters. The Morgan fingerprint density at radius 1 is 0.933 bits per heavy atom. The van der Waals surface area contributed by atoms with Gasteiger partial charge >= 0.3 is 0 Å². The van der Waals surface area contributed by atoms with Crippen LogP contribution in [0, 0.1) is 0 Å². The maximum absolute atomic E-state index is 3.27. The fraction of sp³-hybridized carbons (Fsp3) is 0.286. The van der Waals surface area contributed by atoms with Crippen molar-refractivity contribution in [2.24, 2.45) is 0 Å². The van der Waals surface area contributed by atoms with Crippen LogP contribution in [-0.2, 0) is 5.41 Å². The van der Waals surface area contributed by atoms with Crippen LogP contribution in [0.15, 0.2) is 42.6 Å². The molecular formula is C14H17N. The first-order valence-corrected chi connectivity index (χ1v) is 5.32. The highest BCUT2D eigenvalue weighted by atomic mass is 14.7. The molecule has 15 heavy (non-hydrogen) atoms. The number of hydrogen-bond acceptors (Lipinski definition) is 0. The van der Waals surface area contributed by atoms with Gasteiger partial charge in [-0.25, -0.2) is 0 Å². The van der Waals surface area contributed by atoms with E-state index in [0.29, 0.717) is 0 Å². The molecule has 0 saturated heterocycles. The Morgan fingerprint density at radius 2 is 1.67 bits per heavy atom. The second kappa shape index (κ2) is 3.58. The average Bonchev–Trinajstić information content (AvgIpc) is 2.69. The molecule has 1 heterocycles. The summed E-state index contributed by atoms with van der Waals surface area (Å²) in [5, 5.41) is 0. The van der Waals surface area contributed by atoms with E-state index in [0.717, 1.165) is 0 Å². The van der Waals surface area contributed by atoms with Crippen LogP contribution in [0.4, 0.5) is 0 Å². The molecule has 0 fully saturated rings. The van der Waals surface area contributed by atoms with E-state index in [1.54, 1.807) is 0 Å². The standard InChI is InChI=1S/C14H17N/c1-14(2,3)12-8-5-4-7-11(12)13-9-6-10-15-13/h4-10,15H,1-3H3. The van der Waals surface area contributed by atoms with Crippen LogP contribution in [0.5, 0.6) is 0 Å². The largest absolute Gasteiger partial charge is 0.361 e. The summed E-state index contributed by atoms with van der Waals surface area (Å²) in [7, 11) is 0. The maximum atomic E-state index is 3.27. The van der Waals surface area contributed by atoms with Crippen molar-refractivity contribution in [3.05, 3.63) is 48.2 Å². The zero-order valence-corrected chi connectivity index (χ0v) is 9.54. The Labute approximate surface area is 91.2 Å². The lowest BCUT2D eigenvalue weighted by molar-refractivity contribution is 0.592. The highest BCUT2D eigenvalue weighted by Gasteiger charge is 2.18. The minimum absolute atomic E-state index is 0.182. The van der Waals surface area contributed by atoms with Gasteiger partial charge in [0.1, 0.15) is 0 Å². The number of aromatic amines is 1. The fourth-order valence-electron chi connectivity index (χ4n) is 1.87. The van der Waals surface area contributed by atoms with E-state index in [1.165, 1.54) is 16.8 Å². The van der Waals surface area contributed by atoms with Crippen molar-refractivity contribution in [1.29, 1.82) is 0 Å². The number of H-pyrrole nitrogens is 1. The Balaban J connectivity index is 2.58. The highest BCUT2D eigenvalue weighted by Crippen LogP contribution is 2.31. The second-order valence-corrected chi connectivity index (χ2v) is 4.88. The van der Waals surface area contributed by atoms with E-state index in [9.17, 15) is 0 Å². The minimum atomic E-state index is 0.182. The Kier molecular flexibility index (Phi) is 2.39. The number of hydrogen-bond donors (Lipinski definition) is 1. The van der Waals surface area contributed by atoms with Gasteiger partial charge in [0, 0.05) is 17.5 Å². The molecule has 0 aliphatic rings. The molecule has 0 aliphatic heterocycles. The average molecular weight is 199 g/mol. The Bertz CT molecular complexity index is 433. The lowest BCUT2D eigenvalue weighted by Gasteiger charge is -2.22. The van der Waals surface area contributed by atoms with Gasteiger partial charge in [-0.05, 0) is 23.1 Å². The maximum Gasteiger partial charge on any atom is 0.0456 e. The number of benzene rings is 1. The van der Waals surface area contributed by atoms with Crippen molar-refractivity contribution < 1.29 is 0 Å². The van der Waals surface area contributed by atoms with Crippen molar-refractivity contribution in [3.8, 4) is 11.3 Å². The summed E-state index contributed by atoms with van der Waals surface area (Å²) in [5.74, 6) is 0. The van der Waals surface area contributed by atoms with Crippen LogP contribution in [-0.4, -0.2) is 4.98 Å². The first kappa shape index (κ1) is 10.0. The van der Waals surface area contributed by atoms with Crippen LogP contribution >= 0.6 is 0 Å². The first-order valence-electron chi connectivity index (χ1n) is 5.32. The van der Waals surface area contributed by atoms with Gasteiger partial charge in [-0.2, -0.15) is 0 Å². The van der Waals surface area contributed by atoms with Crippen molar-refractivity contribution in [2.75, 3.05) is 0 Å². The van der Waals surface area contributed by atoms with Gasteiger partial charge in [-0.3, -0.25) is 0 Å². The van der Waals surface area contributed by atoms with Crippen molar-refractivity contribution in [2.45, 2.75) is 26.2 Å². The molecule has 2 aromatic rings. The van der Waals surface area contributed by atoms with Gasteiger partial charge < -0.3 is 4.98 Å². The van der Waals surface area contributed by atoms with Gasteiger partial charge in [0.25, 0.3) is 0 Å². The third-order valence-electron chi connectivity index (χ3n) is 2.62. The lowest BCUT2D eigenvalue weighted by atomic mass is 9.83. The van der Waals surface area contributed by atoms with Gasteiger partial charge in [0.2, 0.25) is 0 Å². The third-order valence-corrected chi connectivity index (χ3v) is 2.62. The van der Waals surface area contributed by atoms with E-state index in [1.807, 2.05) is 12.3 Å². The van der Waals surface area contributed by atoms with Crippen LogP contribution in [0.2, 0.25) is 0 Å². The van der Waals surface area contributed by atoms with E-state index < -0.39 is 0 Å². The minimum Gasteiger partial charge on any atom is -0.361 e. The molecule has 0 amide bonds. The van der Waals surface area contributed by atoms with E-state index in [-0.39, 0.29) is 5.41 Å². The summed E-state index contributed by atoms with van der Waals surface area (Å²) in [5.41, 5.74) is 4.06. The molecule has 0 aliphatic carbocycles. The van der Waals surface area contributed by atoms with E-state index >= 15 is 0 Å². The zero-order valence-electron chi connectivity index (χ0n) is 9.54. The molecule has 1 aromatic carbocycles. The molecule has 1 heteroatoms. The molecule has 0 spiro atoms. The first-order chi connectivity index (χ1) is 7.09. The smallest absolute Gasteiger partial charge is 0.0456 e. The molecule has 1 N–H and O–H groups in total. The summed E-state index contributed by atoms with van der Waals surface area (Å²) in [6.45, 7) is 6.73. The second-order valence-electron chi connectivity index (χ2n) is 4.88. The quantitative estimate of drug-likeness (QED) is 0.715. The van der Waals surface area contributed by atoms with Gasteiger partial charge in [-0.15, -0.1) is 0 Å². The molecule has 1 nitrogen and oxygen atoms in total. The number of rotatable bonds is 1. The molecule has 2 rings (SSSR count). The number of nitrogens with one attached hydrogen (secondary N) is 1. The van der Waals surface area contributed by atoms with Gasteiger partial charge in [-0.1, -0.05) is 45.0 Å².